The van der Waals surface area contributed by atoms with Gasteiger partial charge in [-0.1, -0.05) is 17.7 Å². The van der Waals surface area contributed by atoms with Gasteiger partial charge in [0, 0.05) is 17.5 Å². The first kappa shape index (κ1) is 13.3. The van der Waals surface area contributed by atoms with Gasteiger partial charge in [0.15, 0.2) is 5.78 Å². The number of rotatable bonds is 4. The molecule has 2 aromatic carbocycles. The molecule has 0 N–H and O–H groups in total. The number of halogens is 1. The molecule has 0 aliphatic heterocycles. The van der Waals surface area contributed by atoms with Crippen molar-refractivity contribution in [1.29, 1.82) is 0 Å². The first-order chi connectivity index (χ1) is 9.10. The number of methoxy groups -OCH3 is 1. The summed E-state index contributed by atoms with van der Waals surface area (Å²) in [6.07, 6.45) is 0.247. The topological polar surface area (TPSA) is 26.3 Å². The summed E-state index contributed by atoms with van der Waals surface area (Å²) in [4.78, 5) is 12.1. The van der Waals surface area contributed by atoms with E-state index in [0.29, 0.717) is 11.3 Å². The van der Waals surface area contributed by atoms with Crippen molar-refractivity contribution in [2.45, 2.75) is 13.3 Å². The average Bonchev–Trinajstić information content (AvgIpc) is 2.39. The van der Waals surface area contributed by atoms with Gasteiger partial charge in [-0.15, -0.1) is 0 Å². The lowest BCUT2D eigenvalue weighted by Crippen LogP contribution is -2.05. The number of hydrogen-bond donors (Lipinski definition) is 0. The number of hydrogen-bond acceptors (Lipinski definition) is 2. The van der Waals surface area contributed by atoms with Crippen molar-refractivity contribution in [1.82, 2.24) is 0 Å². The van der Waals surface area contributed by atoms with Crippen molar-refractivity contribution in [3.8, 4) is 5.75 Å². The molecule has 0 bridgehead atoms. The van der Waals surface area contributed by atoms with E-state index in [2.05, 4.69) is 0 Å². The summed E-state index contributed by atoms with van der Waals surface area (Å²) >= 11 is 0. The van der Waals surface area contributed by atoms with Crippen LogP contribution in [0.1, 0.15) is 21.5 Å². The van der Waals surface area contributed by atoms with Gasteiger partial charge in [-0.05, 0) is 37.3 Å². The highest BCUT2D eigenvalue weighted by atomic mass is 19.1. The summed E-state index contributed by atoms with van der Waals surface area (Å²) in [5.41, 5.74) is 2.42. The summed E-state index contributed by atoms with van der Waals surface area (Å²) in [5, 5.41) is 0. The van der Waals surface area contributed by atoms with E-state index in [0.717, 1.165) is 11.1 Å². The highest BCUT2D eigenvalue weighted by molar-refractivity contribution is 5.97. The van der Waals surface area contributed by atoms with Gasteiger partial charge < -0.3 is 4.74 Å². The number of aryl methyl sites for hydroxylation is 1. The lowest BCUT2D eigenvalue weighted by atomic mass is 10.0. The summed E-state index contributed by atoms with van der Waals surface area (Å²) in [7, 11) is 1.58. The third-order valence-corrected chi connectivity index (χ3v) is 2.95. The second-order valence-corrected chi connectivity index (χ2v) is 4.42. The van der Waals surface area contributed by atoms with E-state index in [4.69, 9.17) is 4.74 Å². The normalized spacial score (nSPS) is 10.3. The summed E-state index contributed by atoms with van der Waals surface area (Å²) in [5.74, 6) is 0.301. The molecule has 0 atom stereocenters. The summed E-state index contributed by atoms with van der Waals surface area (Å²) in [6, 6.07) is 11.3. The predicted octanol–water partition coefficient (Wildman–Crippen LogP) is 3.57. The SMILES string of the molecule is COc1ccc(C)cc1CC(=O)c1ccc(F)cc1. The Morgan fingerprint density at radius 1 is 1.16 bits per heavy atom. The van der Waals surface area contributed by atoms with Crippen LogP contribution in [0.25, 0.3) is 0 Å². The Bertz CT molecular complexity index is 588. The van der Waals surface area contributed by atoms with E-state index < -0.39 is 0 Å². The zero-order chi connectivity index (χ0) is 13.8. The molecule has 0 aromatic heterocycles. The van der Waals surface area contributed by atoms with Gasteiger partial charge in [0.25, 0.3) is 0 Å². The standard InChI is InChI=1S/C16H15FO2/c1-11-3-8-16(19-2)13(9-11)10-15(18)12-4-6-14(17)7-5-12/h3-9H,10H2,1-2H3. The lowest BCUT2D eigenvalue weighted by Gasteiger charge is -2.09. The van der Waals surface area contributed by atoms with Crippen LogP contribution in [-0.2, 0) is 6.42 Å². The van der Waals surface area contributed by atoms with E-state index in [1.54, 1.807) is 7.11 Å². The van der Waals surface area contributed by atoms with Gasteiger partial charge in [0.05, 0.1) is 7.11 Å². The minimum Gasteiger partial charge on any atom is -0.496 e. The van der Waals surface area contributed by atoms with Gasteiger partial charge in [-0.25, -0.2) is 4.39 Å². The highest BCUT2D eigenvalue weighted by Crippen LogP contribution is 2.21. The van der Waals surface area contributed by atoms with Crippen LogP contribution in [0, 0.1) is 12.7 Å². The fourth-order valence-electron chi connectivity index (χ4n) is 1.96. The molecule has 0 radical (unpaired) electrons. The molecule has 0 heterocycles. The van der Waals surface area contributed by atoms with Crippen LogP contribution in [-0.4, -0.2) is 12.9 Å². The minimum atomic E-state index is -0.343. The van der Waals surface area contributed by atoms with Crippen LogP contribution in [0.4, 0.5) is 4.39 Å². The Morgan fingerprint density at radius 3 is 2.47 bits per heavy atom. The van der Waals surface area contributed by atoms with Gasteiger partial charge in [0.1, 0.15) is 11.6 Å². The molecule has 98 valence electrons. The largest absolute Gasteiger partial charge is 0.496 e. The van der Waals surface area contributed by atoms with Crippen LogP contribution in [0.15, 0.2) is 42.5 Å². The Hall–Kier alpha value is -2.16. The Labute approximate surface area is 111 Å². The van der Waals surface area contributed by atoms with Gasteiger partial charge >= 0.3 is 0 Å². The van der Waals surface area contributed by atoms with Crippen molar-refractivity contribution < 1.29 is 13.9 Å². The van der Waals surface area contributed by atoms with E-state index in [1.807, 2.05) is 25.1 Å². The third-order valence-electron chi connectivity index (χ3n) is 2.95. The number of Topliss-reactive ketones (excluding diaryl/α,β-unsaturated/α-hetero) is 1. The second-order valence-electron chi connectivity index (χ2n) is 4.42. The van der Waals surface area contributed by atoms with Crippen molar-refractivity contribution >= 4 is 5.78 Å². The Balaban J connectivity index is 2.23. The van der Waals surface area contributed by atoms with E-state index in [1.165, 1.54) is 24.3 Å². The summed E-state index contributed by atoms with van der Waals surface area (Å²) < 4.78 is 18.1. The molecule has 19 heavy (non-hydrogen) atoms. The maximum absolute atomic E-state index is 12.8. The molecule has 0 spiro atoms. The molecule has 0 aliphatic rings. The number of ether oxygens (including phenoxy) is 1. The summed E-state index contributed by atoms with van der Waals surface area (Å²) in [6.45, 7) is 1.96. The predicted molar refractivity (Wildman–Crippen MR) is 72.2 cm³/mol. The average molecular weight is 258 g/mol. The minimum absolute atomic E-state index is 0.0519. The Morgan fingerprint density at radius 2 is 1.84 bits per heavy atom. The second kappa shape index (κ2) is 5.65. The van der Waals surface area contributed by atoms with Crippen molar-refractivity contribution in [2.24, 2.45) is 0 Å². The molecular weight excluding hydrogens is 243 g/mol. The van der Waals surface area contributed by atoms with E-state index in [9.17, 15) is 9.18 Å². The molecule has 0 aliphatic carbocycles. The first-order valence-corrected chi connectivity index (χ1v) is 6.02. The molecule has 3 heteroatoms. The third kappa shape index (κ3) is 3.19. The quantitative estimate of drug-likeness (QED) is 0.784. The number of benzene rings is 2. The van der Waals surface area contributed by atoms with E-state index in [-0.39, 0.29) is 18.0 Å². The smallest absolute Gasteiger partial charge is 0.167 e. The maximum Gasteiger partial charge on any atom is 0.167 e. The Kier molecular flexibility index (Phi) is 3.95. The van der Waals surface area contributed by atoms with Gasteiger partial charge in [-0.3, -0.25) is 4.79 Å². The molecule has 0 unspecified atom stereocenters. The molecule has 2 aromatic rings. The molecule has 0 fully saturated rings. The van der Waals surface area contributed by atoms with Crippen LogP contribution in [0.5, 0.6) is 5.75 Å². The fraction of sp³-hybridized carbons (Fsp3) is 0.188. The molecule has 2 nitrogen and oxygen atoms in total. The fourth-order valence-corrected chi connectivity index (χ4v) is 1.96. The van der Waals surface area contributed by atoms with Crippen LogP contribution >= 0.6 is 0 Å². The van der Waals surface area contributed by atoms with Crippen LogP contribution < -0.4 is 4.74 Å². The molecule has 0 saturated carbocycles. The zero-order valence-corrected chi connectivity index (χ0v) is 10.9. The van der Waals surface area contributed by atoms with Crippen LogP contribution in [0.3, 0.4) is 0 Å². The van der Waals surface area contributed by atoms with Crippen LogP contribution in [0.2, 0.25) is 0 Å². The monoisotopic (exact) mass is 258 g/mol. The van der Waals surface area contributed by atoms with Crippen molar-refractivity contribution in [3.63, 3.8) is 0 Å². The van der Waals surface area contributed by atoms with Crippen molar-refractivity contribution in [3.05, 3.63) is 65.0 Å². The van der Waals surface area contributed by atoms with E-state index >= 15 is 0 Å². The first-order valence-electron chi connectivity index (χ1n) is 6.02. The molecule has 0 amide bonds. The molecule has 2 rings (SSSR count). The number of carbonyl (C=O) groups is 1. The van der Waals surface area contributed by atoms with Crippen molar-refractivity contribution in [2.75, 3.05) is 7.11 Å². The molecule has 0 saturated heterocycles. The van der Waals surface area contributed by atoms with Gasteiger partial charge in [-0.2, -0.15) is 0 Å². The highest BCUT2D eigenvalue weighted by Gasteiger charge is 2.11. The molecular formula is C16H15FO2. The number of ketones is 1. The van der Waals surface area contributed by atoms with Gasteiger partial charge in [0.2, 0.25) is 0 Å². The lowest BCUT2D eigenvalue weighted by molar-refractivity contribution is 0.0992. The number of carbonyl (C=O) groups excluding carboxylic acids is 1. The maximum atomic E-state index is 12.8. The zero-order valence-electron chi connectivity index (χ0n) is 10.9.